The highest BCUT2D eigenvalue weighted by molar-refractivity contribution is 7.12. The smallest absolute Gasteiger partial charge is 0.0950 e. The molecular formula is C18H25N3OS. The number of thiophene rings is 1. The molecule has 3 heterocycles. The summed E-state index contributed by atoms with van der Waals surface area (Å²) in [5.41, 5.74) is 2.02. The van der Waals surface area contributed by atoms with Gasteiger partial charge in [0.05, 0.1) is 24.0 Å². The van der Waals surface area contributed by atoms with Crippen LogP contribution in [0.5, 0.6) is 0 Å². The first kappa shape index (κ1) is 15.4. The standard InChI is InChI=1S/C18H25N3OS/c1-13(22)17-10-15-11-20(8-9-21(15)19-17)12-16-6-7-18(23-16)14-4-2-3-5-14/h6-7,10,13-14,22H,2-5,8-9,11-12H2,1H3. The summed E-state index contributed by atoms with van der Waals surface area (Å²) in [6, 6.07) is 6.73. The van der Waals surface area contributed by atoms with Crippen LogP contribution in [-0.2, 0) is 19.6 Å². The Morgan fingerprint density at radius 3 is 2.91 bits per heavy atom. The average molecular weight is 331 g/mol. The molecule has 4 rings (SSSR count). The molecule has 1 fully saturated rings. The third kappa shape index (κ3) is 3.23. The molecule has 5 heteroatoms. The number of nitrogens with zero attached hydrogens (tertiary/aromatic N) is 3. The molecule has 1 aliphatic heterocycles. The fraction of sp³-hybridized carbons (Fsp3) is 0.611. The second-order valence-electron chi connectivity index (χ2n) is 6.96. The molecule has 1 unspecified atom stereocenters. The van der Waals surface area contributed by atoms with Gasteiger partial charge < -0.3 is 5.11 Å². The fourth-order valence-corrected chi connectivity index (χ4v) is 5.04. The highest BCUT2D eigenvalue weighted by Gasteiger charge is 2.22. The minimum absolute atomic E-state index is 0.479. The summed E-state index contributed by atoms with van der Waals surface area (Å²) in [7, 11) is 0. The minimum Gasteiger partial charge on any atom is -0.387 e. The molecule has 2 aliphatic rings. The molecule has 1 N–H and O–H groups in total. The van der Waals surface area contributed by atoms with E-state index in [1.54, 1.807) is 11.8 Å². The summed E-state index contributed by atoms with van der Waals surface area (Å²) in [6.45, 7) is 5.69. The summed E-state index contributed by atoms with van der Waals surface area (Å²) in [5, 5.41) is 14.2. The van der Waals surface area contributed by atoms with E-state index in [-0.39, 0.29) is 0 Å². The number of hydrogen-bond acceptors (Lipinski definition) is 4. The Morgan fingerprint density at radius 2 is 2.13 bits per heavy atom. The van der Waals surface area contributed by atoms with E-state index in [0.717, 1.165) is 37.8 Å². The van der Waals surface area contributed by atoms with E-state index in [1.165, 1.54) is 36.3 Å². The van der Waals surface area contributed by atoms with E-state index < -0.39 is 6.10 Å². The van der Waals surface area contributed by atoms with Gasteiger partial charge in [0.25, 0.3) is 0 Å². The van der Waals surface area contributed by atoms with Crippen LogP contribution in [0.25, 0.3) is 0 Å². The Hall–Kier alpha value is -1.17. The van der Waals surface area contributed by atoms with Gasteiger partial charge in [0, 0.05) is 29.4 Å². The zero-order valence-electron chi connectivity index (χ0n) is 13.7. The van der Waals surface area contributed by atoms with Gasteiger partial charge in [-0.25, -0.2) is 0 Å². The maximum atomic E-state index is 9.69. The Morgan fingerprint density at radius 1 is 1.30 bits per heavy atom. The largest absolute Gasteiger partial charge is 0.387 e. The van der Waals surface area contributed by atoms with Gasteiger partial charge in [0.1, 0.15) is 0 Å². The number of aliphatic hydroxyl groups excluding tert-OH is 1. The van der Waals surface area contributed by atoms with Gasteiger partial charge in [-0.2, -0.15) is 5.10 Å². The number of hydrogen-bond donors (Lipinski definition) is 1. The van der Waals surface area contributed by atoms with E-state index in [0.29, 0.717) is 0 Å². The maximum absolute atomic E-state index is 9.69. The van der Waals surface area contributed by atoms with Crippen molar-refractivity contribution < 1.29 is 5.11 Å². The summed E-state index contributed by atoms with van der Waals surface area (Å²) in [4.78, 5) is 5.57. The van der Waals surface area contributed by atoms with Crippen LogP contribution in [0.1, 0.15) is 65.8 Å². The molecule has 0 aromatic carbocycles. The average Bonchev–Trinajstić information content (AvgIpc) is 3.26. The summed E-state index contributed by atoms with van der Waals surface area (Å²) >= 11 is 2.01. The molecule has 0 amide bonds. The van der Waals surface area contributed by atoms with Crippen molar-refractivity contribution in [2.45, 2.75) is 64.3 Å². The lowest BCUT2D eigenvalue weighted by Gasteiger charge is -2.26. The van der Waals surface area contributed by atoms with Gasteiger partial charge in [-0.15, -0.1) is 11.3 Å². The third-order valence-corrected chi connectivity index (χ3v) is 6.38. The van der Waals surface area contributed by atoms with Crippen molar-refractivity contribution >= 4 is 11.3 Å². The lowest BCUT2D eigenvalue weighted by atomic mass is 10.1. The first-order valence-corrected chi connectivity index (χ1v) is 9.56. The van der Waals surface area contributed by atoms with E-state index in [4.69, 9.17) is 0 Å². The quantitative estimate of drug-likeness (QED) is 0.929. The van der Waals surface area contributed by atoms with Gasteiger partial charge in [-0.3, -0.25) is 9.58 Å². The normalized spacial score (nSPS) is 20.8. The predicted molar refractivity (Wildman–Crippen MR) is 92.5 cm³/mol. The van der Waals surface area contributed by atoms with E-state index in [2.05, 4.69) is 32.9 Å². The van der Waals surface area contributed by atoms with Crippen LogP contribution < -0.4 is 0 Å². The third-order valence-electron chi connectivity index (χ3n) is 5.14. The molecule has 0 spiro atoms. The monoisotopic (exact) mass is 331 g/mol. The van der Waals surface area contributed by atoms with Crippen LogP contribution in [0, 0.1) is 0 Å². The molecule has 4 nitrogen and oxygen atoms in total. The van der Waals surface area contributed by atoms with Crippen LogP contribution >= 0.6 is 11.3 Å². The first-order valence-electron chi connectivity index (χ1n) is 8.74. The highest BCUT2D eigenvalue weighted by atomic mass is 32.1. The molecule has 0 saturated heterocycles. The number of aliphatic hydroxyl groups is 1. The Balaban J connectivity index is 1.41. The number of aromatic nitrogens is 2. The van der Waals surface area contributed by atoms with Crippen molar-refractivity contribution in [2.75, 3.05) is 6.54 Å². The summed E-state index contributed by atoms with van der Waals surface area (Å²) < 4.78 is 2.05. The van der Waals surface area contributed by atoms with Crippen LogP contribution in [0.15, 0.2) is 18.2 Å². The van der Waals surface area contributed by atoms with Crippen molar-refractivity contribution in [1.82, 2.24) is 14.7 Å². The Labute approximate surface area is 141 Å². The van der Waals surface area contributed by atoms with Crippen LogP contribution in [0.4, 0.5) is 0 Å². The molecule has 2 aromatic heterocycles. The number of rotatable bonds is 4. The van der Waals surface area contributed by atoms with E-state index in [1.807, 2.05) is 11.3 Å². The molecular weight excluding hydrogens is 306 g/mol. The molecule has 0 radical (unpaired) electrons. The summed E-state index contributed by atoms with van der Waals surface area (Å²) in [5.74, 6) is 0.824. The van der Waals surface area contributed by atoms with Crippen molar-refractivity contribution in [2.24, 2.45) is 0 Å². The van der Waals surface area contributed by atoms with Gasteiger partial charge in [-0.1, -0.05) is 12.8 Å². The minimum atomic E-state index is -0.479. The molecule has 2 aromatic rings. The van der Waals surface area contributed by atoms with Gasteiger partial charge in [-0.05, 0) is 43.9 Å². The van der Waals surface area contributed by atoms with Gasteiger partial charge >= 0.3 is 0 Å². The van der Waals surface area contributed by atoms with Crippen LogP contribution in [0.3, 0.4) is 0 Å². The Bertz CT molecular complexity index is 670. The Kier molecular flexibility index (Phi) is 4.26. The highest BCUT2D eigenvalue weighted by Crippen LogP contribution is 2.38. The molecule has 1 aliphatic carbocycles. The molecule has 23 heavy (non-hydrogen) atoms. The van der Waals surface area contributed by atoms with Crippen molar-refractivity contribution in [3.63, 3.8) is 0 Å². The topological polar surface area (TPSA) is 41.3 Å². The predicted octanol–water partition coefficient (Wildman–Crippen LogP) is 3.67. The van der Waals surface area contributed by atoms with Crippen molar-refractivity contribution in [3.8, 4) is 0 Å². The summed E-state index contributed by atoms with van der Waals surface area (Å²) in [6.07, 6.45) is 5.09. The van der Waals surface area contributed by atoms with Crippen LogP contribution in [0.2, 0.25) is 0 Å². The van der Waals surface area contributed by atoms with Crippen molar-refractivity contribution in [1.29, 1.82) is 0 Å². The molecule has 124 valence electrons. The van der Waals surface area contributed by atoms with E-state index >= 15 is 0 Å². The molecule has 1 atom stereocenters. The van der Waals surface area contributed by atoms with Crippen molar-refractivity contribution in [3.05, 3.63) is 39.3 Å². The first-order chi connectivity index (χ1) is 11.2. The molecule has 0 bridgehead atoms. The molecule has 1 saturated carbocycles. The van der Waals surface area contributed by atoms with Gasteiger partial charge in [0.15, 0.2) is 0 Å². The second kappa shape index (κ2) is 6.38. The lowest BCUT2D eigenvalue weighted by Crippen LogP contribution is -2.33. The zero-order chi connectivity index (χ0) is 15.8. The lowest BCUT2D eigenvalue weighted by molar-refractivity contribution is 0.189. The fourth-order valence-electron chi connectivity index (χ4n) is 3.81. The maximum Gasteiger partial charge on any atom is 0.0950 e. The second-order valence-corrected chi connectivity index (χ2v) is 8.16. The van der Waals surface area contributed by atoms with Crippen LogP contribution in [-0.4, -0.2) is 26.3 Å². The van der Waals surface area contributed by atoms with E-state index in [9.17, 15) is 5.11 Å². The SMILES string of the molecule is CC(O)c1cc2n(n1)CCN(Cc1ccc(C3CCCC3)s1)C2. The van der Waals surface area contributed by atoms with Gasteiger partial charge in [0.2, 0.25) is 0 Å². The number of fused-ring (bicyclic) bond motifs is 1. The zero-order valence-corrected chi connectivity index (χ0v) is 14.6.